The fourth-order valence-electron chi connectivity index (χ4n) is 7.11. The first-order valence-corrected chi connectivity index (χ1v) is 19.9. The third kappa shape index (κ3) is 6.18. The Hall–Kier alpha value is -4.94. The Balaban J connectivity index is 1.55. The number of benzene rings is 8. The van der Waals surface area contributed by atoms with E-state index in [1.807, 2.05) is 0 Å². The second-order valence-corrected chi connectivity index (χ2v) is 16.9. The molecule has 0 saturated heterocycles. The van der Waals surface area contributed by atoms with Crippen LogP contribution in [0.1, 0.15) is 11.1 Å². The maximum atomic E-state index is 4.23. The summed E-state index contributed by atoms with van der Waals surface area (Å²) in [5.74, 6) is 0. The molecule has 2 nitrogen and oxygen atoms in total. The first-order valence-electron chi connectivity index (χ1n) is 17.2. The van der Waals surface area contributed by atoms with Crippen LogP contribution in [0.4, 0.5) is 0 Å². The van der Waals surface area contributed by atoms with E-state index in [0.717, 1.165) is 13.1 Å². The molecule has 0 aliphatic rings. The lowest BCUT2D eigenvalue weighted by atomic mass is 9.92. The van der Waals surface area contributed by atoms with E-state index in [1.54, 1.807) is 0 Å². The Morgan fingerprint density at radius 2 is 0.660 bits per heavy atom. The maximum absolute atomic E-state index is 4.23. The van der Waals surface area contributed by atoms with Crippen LogP contribution in [0.5, 0.6) is 0 Å². The molecular formula is C46H40N2P2+2. The quantitative estimate of drug-likeness (QED) is 0.160. The molecule has 0 fully saturated rings. The number of rotatable bonds is 9. The van der Waals surface area contributed by atoms with E-state index in [2.05, 4.69) is 193 Å². The number of fused-ring (bicyclic) bond motifs is 2. The van der Waals surface area contributed by atoms with E-state index >= 15 is 0 Å². The van der Waals surface area contributed by atoms with Gasteiger partial charge < -0.3 is 11.5 Å². The van der Waals surface area contributed by atoms with Crippen molar-refractivity contribution in [2.24, 2.45) is 0 Å². The lowest BCUT2D eigenvalue weighted by Crippen LogP contribution is -2.47. The molecule has 0 amide bonds. The Morgan fingerprint density at radius 3 is 0.960 bits per heavy atom. The fraction of sp³-hybridized carbons (Fsp3) is 0.0435. The summed E-state index contributed by atoms with van der Waals surface area (Å²) in [6, 6.07) is 67.9. The second kappa shape index (κ2) is 14.5. The molecule has 0 heterocycles. The van der Waals surface area contributed by atoms with E-state index in [1.165, 1.54) is 75.6 Å². The topological polar surface area (TPSA) is 55.3 Å². The fourth-order valence-corrected chi connectivity index (χ4v) is 12.1. The molecule has 0 bridgehead atoms. The second-order valence-electron chi connectivity index (χ2n) is 12.5. The molecule has 0 aliphatic heterocycles. The predicted molar refractivity (Wildman–Crippen MR) is 217 cm³/mol. The largest absolute Gasteiger partial charge is 0.354 e. The van der Waals surface area contributed by atoms with Gasteiger partial charge in [-0.05, 0) is 92.5 Å². The molecule has 0 saturated carbocycles. The molecule has 6 N–H and O–H groups in total. The number of hydrogen-bond donors (Lipinski definition) is 2. The van der Waals surface area contributed by atoms with E-state index < -0.39 is 15.8 Å². The van der Waals surface area contributed by atoms with Crippen LogP contribution >= 0.6 is 15.8 Å². The van der Waals surface area contributed by atoms with Gasteiger partial charge in [-0.3, -0.25) is 0 Å². The minimum Gasteiger partial charge on any atom is -0.354 e. The molecule has 0 radical (unpaired) electrons. The minimum atomic E-state index is -0.895. The molecular weight excluding hydrogens is 642 g/mol. The molecule has 242 valence electrons. The average Bonchev–Trinajstić information content (AvgIpc) is 3.19. The summed E-state index contributed by atoms with van der Waals surface area (Å²) >= 11 is 0. The third-order valence-electron chi connectivity index (χ3n) is 9.49. The molecule has 8 rings (SSSR count). The van der Waals surface area contributed by atoms with Crippen molar-refractivity contribution in [2.45, 2.75) is 13.1 Å². The van der Waals surface area contributed by atoms with Gasteiger partial charge in [-0.25, -0.2) is 0 Å². The van der Waals surface area contributed by atoms with Crippen LogP contribution in [-0.2, 0) is 13.1 Å². The summed E-state index contributed by atoms with van der Waals surface area (Å²) in [6.07, 6.45) is 0. The summed E-state index contributed by atoms with van der Waals surface area (Å²) in [6.45, 7) is 1.52. The van der Waals surface area contributed by atoms with E-state index in [0.29, 0.717) is 0 Å². The van der Waals surface area contributed by atoms with E-state index in [4.69, 9.17) is 0 Å². The molecule has 0 atom stereocenters. The highest BCUT2D eigenvalue weighted by atomic mass is 31.1. The van der Waals surface area contributed by atoms with Crippen molar-refractivity contribution in [1.82, 2.24) is 0 Å². The molecule has 0 spiro atoms. The maximum Gasteiger partial charge on any atom is 0.0997 e. The van der Waals surface area contributed by atoms with Gasteiger partial charge in [-0.2, -0.15) is 0 Å². The van der Waals surface area contributed by atoms with Gasteiger partial charge >= 0.3 is 0 Å². The van der Waals surface area contributed by atoms with Crippen LogP contribution in [0.25, 0.3) is 32.7 Å². The number of hydrogen-bond acceptors (Lipinski definition) is 0. The summed E-state index contributed by atoms with van der Waals surface area (Å²) in [4.78, 5) is 0. The zero-order chi connectivity index (χ0) is 33.9. The lowest BCUT2D eigenvalue weighted by Gasteiger charge is -2.28. The van der Waals surface area contributed by atoms with Crippen molar-refractivity contribution >= 4 is 69.2 Å². The molecule has 0 aliphatic carbocycles. The Bertz CT molecular complexity index is 2140. The first kappa shape index (κ1) is 32.3. The van der Waals surface area contributed by atoms with Gasteiger partial charge in [0, 0.05) is 11.1 Å². The smallest absolute Gasteiger partial charge is 0.0997 e. The summed E-state index contributed by atoms with van der Waals surface area (Å²) < 4.78 is 0. The zero-order valence-electron chi connectivity index (χ0n) is 28.0. The normalized spacial score (nSPS) is 11.5. The molecule has 8 aromatic carbocycles. The highest BCUT2D eigenvalue weighted by Gasteiger charge is 2.28. The van der Waals surface area contributed by atoms with Crippen LogP contribution in [0.2, 0.25) is 0 Å². The van der Waals surface area contributed by atoms with Crippen molar-refractivity contribution in [3.8, 4) is 11.1 Å². The molecule has 8 aromatic rings. The van der Waals surface area contributed by atoms with Crippen molar-refractivity contribution < 1.29 is 11.5 Å². The SMILES string of the molecule is [NH3+]Cc1ccc2c(-c3c(P(c4ccccc4)c4ccccc4)ccc4cc(C[NH3+])ccc34)c(P(c3ccccc3)c3ccccc3)ccc2c1. The monoisotopic (exact) mass is 682 g/mol. The Morgan fingerprint density at radius 1 is 0.340 bits per heavy atom. The summed E-state index contributed by atoms with van der Waals surface area (Å²) in [5, 5.41) is 13.2. The predicted octanol–water partition coefficient (Wildman–Crippen LogP) is 6.66. The minimum absolute atomic E-state index is 0.758. The van der Waals surface area contributed by atoms with Gasteiger partial charge in [0.15, 0.2) is 0 Å². The Kier molecular flexibility index (Phi) is 9.36. The van der Waals surface area contributed by atoms with Crippen LogP contribution < -0.4 is 43.3 Å². The zero-order valence-corrected chi connectivity index (χ0v) is 29.8. The van der Waals surface area contributed by atoms with Crippen LogP contribution in [0.3, 0.4) is 0 Å². The van der Waals surface area contributed by atoms with Crippen LogP contribution in [-0.4, -0.2) is 0 Å². The summed E-state index contributed by atoms with van der Waals surface area (Å²) in [7, 11) is -1.79. The van der Waals surface area contributed by atoms with Gasteiger partial charge in [0.1, 0.15) is 0 Å². The summed E-state index contributed by atoms with van der Waals surface area (Å²) in [5.41, 5.74) is 13.6. The van der Waals surface area contributed by atoms with E-state index in [9.17, 15) is 0 Å². The highest BCUT2D eigenvalue weighted by Crippen LogP contribution is 2.45. The standard InChI is InChI=1S/C46H38N2P2/c47-31-33-21-25-41-35(29-33)23-27-43(49(37-13-5-1-6-14-37)38-15-7-2-8-16-38)45(41)46-42-26-22-34(32-48)30-36(42)24-28-44(46)50(39-17-9-3-10-18-39)40-19-11-4-12-20-40/h1-30H,31-32,47-48H2/p+2. The van der Waals surface area contributed by atoms with Gasteiger partial charge in [0.25, 0.3) is 0 Å². The van der Waals surface area contributed by atoms with Crippen molar-refractivity contribution in [3.63, 3.8) is 0 Å². The third-order valence-corrected chi connectivity index (χ3v) is 14.5. The van der Waals surface area contributed by atoms with E-state index in [-0.39, 0.29) is 0 Å². The van der Waals surface area contributed by atoms with Crippen molar-refractivity contribution in [3.05, 3.63) is 193 Å². The van der Waals surface area contributed by atoms with Crippen LogP contribution in [0, 0.1) is 0 Å². The van der Waals surface area contributed by atoms with Crippen molar-refractivity contribution in [1.29, 1.82) is 0 Å². The van der Waals surface area contributed by atoms with Gasteiger partial charge in [0.2, 0.25) is 0 Å². The first-order chi connectivity index (χ1) is 24.7. The van der Waals surface area contributed by atoms with Crippen LogP contribution in [0.15, 0.2) is 182 Å². The number of quaternary nitrogens is 2. The average molecular weight is 683 g/mol. The van der Waals surface area contributed by atoms with Crippen molar-refractivity contribution in [2.75, 3.05) is 0 Å². The Labute approximate surface area is 296 Å². The molecule has 4 heteroatoms. The molecule has 0 unspecified atom stereocenters. The lowest BCUT2D eigenvalue weighted by molar-refractivity contribution is -0.386. The molecule has 0 aromatic heterocycles. The van der Waals surface area contributed by atoms with Gasteiger partial charge in [-0.15, -0.1) is 0 Å². The van der Waals surface area contributed by atoms with Gasteiger partial charge in [-0.1, -0.05) is 170 Å². The molecule has 50 heavy (non-hydrogen) atoms. The highest BCUT2D eigenvalue weighted by molar-refractivity contribution is 7.80. The van der Waals surface area contributed by atoms with Gasteiger partial charge in [0.05, 0.1) is 13.1 Å².